The van der Waals surface area contributed by atoms with Crippen LogP contribution in [0.5, 0.6) is 5.75 Å². The van der Waals surface area contributed by atoms with Gasteiger partial charge in [0.2, 0.25) is 5.95 Å². The predicted octanol–water partition coefficient (Wildman–Crippen LogP) is 4.62. The summed E-state index contributed by atoms with van der Waals surface area (Å²) in [5.41, 5.74) is 0.950. The summed E-state index contributed by atoms with van der Waals surface area (Å²) in [6.45, 7) is 1.88. The van der Waals surface area contributed by atoms with E-state index in [0.29, 0.717) is 17.1 Å². The molecule has 0 amide bonds. The Hall–Kier alpha value is -4.33. The van der Waals surface area contributed by atoms with Gasteiger partial charge < -0.3 is 14.6 Å². The highest BCUT2D eigenvalue weighted by molar-refractivity contribution is 5.66. The molecule has 33 heavy (non-hydrogen) atoms. The molecule has 4 aromatic rings. The first-order valence-corrected chi connectivity index (χ1v) is 9.68. The molecule has 0 atom stereocenters. The van der Waals surface area contributed by atoms with Crippen molar-refractivity contribution in [3.8, 4) is 28.9 Å². The Morgan fingerprint density at radius 1 is 1.15 bits per heavy atom. The highest BCUT2D eigenvalue weighted by Crippen LogP contribution is 2.37. The van der Waals surface area contributed by atoms with E-state index >= 15 is 0 Å². The second-order valence-corrected chi connectivity index (χ2v) is 7.19. The average Bonchev–Trinajstić information content (AvgIpc) is 3.38. The van der Waals surface area contributed by atoms with Crippen LogP contribution in [0.25, 0.3) is 17.1 Å². The van der Waals surface area contributed by atoms with Crippen molar-refractivity contribution in [2.24, 2.45) is 7.05 Å². The number of nitrogens with zero attached hydrogens (tertiary/aromatic N) is 6. The van der Waals surface area contributed by atoms with E-state index in [4.69, 9.17) is 10.00 Å². The number of nitriles is 1. The van der Waals surface area contributed by atoms with E-state index in [2.05, 4.69) is 20.4 Å². The summed E-state index contributed by atoms with van der Waals surface area (Å²) in [4.78, 5) is 8.57. The number of ether oxygens (including phenoxy) is 1. The first-order chi connectivity index (χ1) is 15.7. The van der Waals surface area contributed by atoms with Gasteiger partial charge in [0.25, 0.3) is 0 Å². The van der Waals surface area contributed by atoms with Crippen LogP contribution in [0.2, 0.25) is 0 Å². The summed E-state index contributed by atoms with van der Waals surface area (Å²) in [5.74, 6) is 0.959. The molecule has 0 radical (unpaired) electrons. The van der Waals surface area contributed by atoms with E-state index < -0.39 is 11.7 Å². The number of aromatic nitrogens is 5. The lowest BCUT2D eigenvalue weighted by molar-refractivity contribution is -0.136. The first-order valence-electron chi connectivity index (χ1n) is 9.68. The Bertz CT molecular complexity index is 1370. The van der Waals surface area contributed by atoms with E-state index in [1.807, 2.05) is 23.8 Å². The monoisotopic (exact) mass is 453 g/mol. The molecule has 2 heterocycles. The number of hydrogen-bond acceptors (Lipinski definition) is 6. The van der Waals surface area contributed by atoms with E-state index in [-0.39, 0.29) is 17.2 Å². The minimum atomic E-state index is -4.65. The van der Waals surface area contributed by atoms with Gasteiger partial charge in [-0.1, -0.05) is 0 Å². The van der Waals surface area contributed by atoms with Gasteiger partial charge in [0.1, 0.15) is 5.75 Å². The van der Waals surface area contributed by atoms with Crippen molar-refractivity contribution in [3.63, 3.8) is 0 Å². The fourth-order valence-electron chi connectivity index (χ4n) is 3.28. The highest BCUT2D eigenvalue weighted by Gasteiger charge is 2.34. The molecule has 0 aliphatic heterocycles. The maximum atomic E-state index is 13.5. The summed E-state index contributed by atoms with van der Waals surface area (Å²) in [7, 11) is 3.10. The number of methoxy groups -OCH3 is 1. The number of alkyl halides is 3. The Kier molecular flexibility index (Phi) is 5.51. The topological polar surface area (TPSA) is 93.6 Å². The van der Waals surface area contributed by atoms with Gasteiger partial charge in [-0.2, -0.15) is 23.4 Å². The van der Waals surface area contributed by atoms with Crippen LogP contribution in [0.15, 0.2) is 48.9 Å². The van der Waals surface area contributed by atoms with Gasteiger partial charge in [0.05, 0.1) is 47.7 Å². The van der Waals surface area contributed by atoms with Crippen LogP contribution in [-0.4, -0.2) is 31.4 Å². The molecule has 2 aromatic heterocycles. The van der Waals surface area contributed by atoms with Crippen molar-refractivity contribution in [2.45, 2.75) is 13.1 Å². The van der Waals surface area contributed by atoms with Crippen LogP contribution in [-0.2, 0) is 13.2 Å². The number of benzene rings is 2. The van der Waals surface area contributed by atoms with Gasteiger partial charge in [-0.05, 0) is 43.3 Å². The summed E-state index contributed by atoms with van der Waals surface area (Å²) >= 11 is 0. The molecule has 0 fully saturated rings. The highest BCUT2D eigenvalue weighted by atomic mass is 19.4. The molecular weight excluding hydrogens is 435 g/mol. The zero-order valence-corrected chi connectivity index (χ0v) is 17.8. The molecule has 4 rings (SSSR count). The second kappa shape index (κ2) is 8.31. The maximum absolute atomic E-state index is 13.5. The summed E-state index contributed by atoms with van der Waals surface area (Å²) in [6, 6.07) is 10.4. The van der Waals surface area contributed by atoms with Crippen molar-refractivity contribution in [2.75, 3.05) is 12.4 Å². The molecule has 168 valence electrons. The molecule has 0 aliphatic rings. The van der Waals surface area contributed by atoms with Crippen molar-refractivity contribution in [1.29, 1.82) is 5.26 Å². The minimum absolute atomic E-state index is 0.0909. The fraction of sp³-hybridized carbons (Fsp3) is 0.182. The molecular formula is C22H18F3N7O. The largest absolute Gasteiger partial charge is 0.495 e. The quantitative estimate of drug-likeness (QED) is 0.474. The third-order valence-electron chi connectivity index (χ3n) is 4.89. The minimum Gasteiger partial charge on any atom is -0.495 e. The molecule has 1 N–H and O–H groups in total. The second-order valence-electron chi connectivity index (χ2n) is 7.19. The van der Waals surface area contributed by atoms with Gasteiger partial charge >= 0.3 is 6.18 Å². The zero-order valence-electron chi connectivity index (χ0n) is 17.8. The number of hydrogen-bond donors (Lipinski definition) is 1. The van der Waals surface area contributed by atoms with E-state index in [1.54, 1.807) is 31.6 Å². The van der Waals surface area contributed by atoms with E-state index in [9.17, 15) is 13.2 Å². The smallest absolute Gasteiger partial charge is 0.418 e. The predicted molar refractivity (Wildman–Crippen MR) is 114 cm³/mol. The molecule has 0 aliphatic carbocycles. The van der Waals surface area contributed by atoms with Gasteiger partial charge in [0.15, 0.2) is 5.82 Å². The Morgan fingerprint density at radius 3 is 2.58 bits per heavy atom. The third-order valence-corrected chi connectivity index (χ3v) is 4.89. The zero-order chi connectivity index (χ0) is 23.8. The lowest BCUT2D eigenvalue weighted by Crippen LogP contribution is -2.11. The molecule has 11 heteroatoms. The fourth-order valence-corrected chi connectivity index (χ4v) is 3.28. The van der Waals surface area contributed by atoms with E-state index in [1.165, 1.54) is 23.9 Å². The van der Waals surface area contributed by atoms with Gasteiger partial charge in [-0.25, -0.2) is 9.67 Å². The average molecular weight is 453 g/mol. The number of imidazole rings is 1. The number of aryl methyl sites for hydroxylation is 2. The van der Waals surface area contributed by atoms with Crippen LogP contribution in [0.4, 0.5) is 24.8 Å². The Morgan fingerprint density at radius 2 is 1.94 bits per heavy atom. The lowest BCUT2D eigenvalue weighted by Gasteiger charge is -2.14. The molecule has 8 nitrogen and oxygen atoms in total. The Labute approximate surface area is 186 Å². The summed E-state index contributed by atoms with van der Waals surface area (Å²) in [6.07, 6.45) is -1.12. The first kappa shape index (κ1) is 21.9. The molecule has 0 bridgehead atoms. The number of halogens is 3. The van der Waals surface area contributed by atoms with Crippen LogP contribution in [0, 0.1) is 18.3 Å². The molecule has 0 unspecified atom stereocenters. The molecule has 2 aromatic carbocycles. The van der Waals surface area contributed by atoms with Crippen molar-refractivity contribution in [3.05, 3.63) is 65.7 Å². The normalized spacial score (nSPS) is 11.3. The van der Waals surface area contributed by atoms with Gasteiger partial charge in [0, 0.05) is 18.8 Å². The SMILES string of the molecule is COc1cc(-c2nc(Nc3ccc(C#N)cc3C(F)(F)F)n(C)n2)ccc1-n1cnc(C)c1. The van der Waals surface area contributed by atoms with Gasteiger partial charge in [-0.15, -0.1) is 5.10 Å². The lowest BCUT2D eigenvalue weighted by atomic mass is 10.1. The van der Waals surface area contributed by atoms with Crippen LogP contribution in [0.3, 0.4) is 0 Å². The summed E-state index contributed by atoms with van der Waals surface area (Å²) in [5, 5.41) is 15.9. The maximum Gasteiger partial charge on any atom is 0.418 e. The molecule has 0 saturated heterocycles. The van der Waals surface area contributed by atoms with E-state index in [0.717, 1.165) is 17.4 Å². The standard InChI is InChI=1S/C22H18F3N7O/c1-13-11-32(12-27-13)18-7-5-15(9-19(18)33-3)20-29-21(31(2)30-20)28-17-6-4-14(10-26)8-16(17)22(23,24)25/h4-9,11-12H,1-3H3,(H,28,29,30). The summed E-state index contributed by atoms with van der Waals surface area (Å²) < 4.78 is 49.1. The third kappa shape index (κ3) is 4.36. The van der Waals surface area contributed by atoms with Crippen molar-refractivity contribution in [1.82, 2.24) is 24.3 Å². The number of anilines is 2. The molecule has 0 saturated carbocycles. The Balaban J connectivity index is 1.68. The van der Waals surface area contributed by atoms with Crippen molar-refractivity contribution < 1.29 is 17.9 Å². The molecule has 0 spiro atoms. The van der Waals surface area contributed by atoms with Crippen LogP contribution >= 0.6 is 0 Å². The van der Waals surface area contributed by atoms with Gasteiger partial charge in [-0.3, -0.25) is 0 Å². The van der Waals surface area contributed by atoms with Crippen molar-refractivity contribution >= 4 is 11.6 Å². The number of rotatable bonds is 5. The van der Waals surface area contributed by atoms with Crippen LogP contribution < -0.4 is 10.1 Å². The number of nitrogens with one attached hydrogen (secondary N) is 1. The van der Waals surface area contributed by atoms with Crippen LogP contribution in [0.1, 0.15) is 16.8 Å².